The van der Waals surface area contributed by atoms with Gasteiger partial charge in [-0.2, -0.15) is 0 Å². The average molecular weight is 336 g/mol. The monoisotopic (exact) mass is 336 g/mol. The molecule has 0 spiro atoms. The summed E-state index contributed by atoms with van der Waals surface area (Å²) in [5, 5.41) is 2.89. The molecule has 1 N–H and O–H groups in total. The SMILES string of the molecule is Cc1ccc(-c2cc(C(=O)NCc3ccccc3)nc(N(C)C)n2)o1. The third kappa shape index (κ3) is 4.03. The molecule has 2 heterocycles. The minimum atomic E-state index is -0.251. The highest BCUT2D eigenvalue weighted by atomic mass is 16.3. The van der Waals surface area contributed by atoms with Crippen LogP contribution in [0, 0.1) is 6.92 Å². The van der Waals surface area contributed by atoms with E-state index in [1.807, 2.05) is 63.5 Å². The average Bonchev–Trinajstić information content (AvgIpc) is 3.06. The fraction of sp³-hybridized carbons (Fsp3) is 0.211. The Bertz CT molecular complexity index is 872. The van der Waals surface area contributed by atoms with Gasteiger partial charge in [-0.25, -0.2) is 9.97 Å². The smallest absolute Gasteiger partial charge is 0.270 e. The van der Waals surface area contributed by atoms with Gasteiger partial charge in [0.1, 0.15) is 17.1 Å². The Labute approximate surface area is 146 Å². The highest BCUT2D eigenvalue weighted by Crippen LogP contribution is 2.22. The van der Waals surface area contributed by atoms with Crippen molar-refractivity contribution < 1.29 is 9.21 Å². The van der Waals surface area contributed by atoms with Crippen LogP contribution in [0.3, 0.4) is 0 Å². The van der Waals surface area contributed by atoms with Crippen molar-refractivity contribution in [1.82, 2.24) is 15.3 Å². The Balaban J connectivity index is 1.86. The molecule has 3 rings (SSSR count). The Morgan fingerprint density at radius 3 is 2.52 bits per heavy atom. The van der Waals surface area contributed by atoms with E-state index in [1.54, 1.807) is 11.0 Å². The van der Waals surface area contributed by atoms with Crippen molar-refractivity contribution in [1.29, 1.82) is 0 Å². The maximum Gasteiger partial charge on any atom is 0.270 e. The number of carbonyl (C=O) groups is 1. The molecule has 1 amide bonds. The van der Waals surface area contributed by atoms with E-state index < -0.39 is 0 Å². The highest BCUT2D eigenvalue weighted by molar-refractivity contribution is 5.93. The molecule has 0 atom stereocenters. The second-order valence-electron chi connectivity index (χ2n) is 5.91. The number of nitrogens with one attached hydrogen (secondary N) is 1. The fourth-order valence-electron chi connectivity index (χ4n) is 2.32. The van der Waals surface area contributed by atoms with E-state index in [9.17, 15) is 4.79 Å². The van der Waals surface area contributed by atoms with Crippen LogP contribution >= 0.6 is 0 Å². The largest absolute Gasteiger partial charge is 0.460 e. The van der Waals surface area contributed by atoms with Gasteiger partial charge in [0.2, 0.25) is 5.95 Å². The van der Waals surface area contributed by atoms with E-state index in [4.69, 9.17) is 4.42 Å². The van der Waals surface area contributed by atoms with Crippen LogP contribution in [0.15, 0.2) is 52.9 Å². The second kappa shape index (κ2) is 7.17. The van der Waals surface area contributed by atoms with E-state index >= 15 is 0 Å². The van der Waals surface area contributed by atoms with Gasteiger partial charge in [0.05, 0.1) is 0 Å². The quantitative estimate of drug-likeness (QED) is 0.775. The zero-order valence-electron chi connectivity index (χ0n) is 14.5. The summed E-state index contributed by atoms with van der Waals surface area (Å²) in [5.74, 6) is 1.60. The first kappa shape index (κ1) is 16.7. The lowest BCUT2D eigenvalue weighted by molar-refractivity contribution is 0.0946. The van der Waals surface area contributed by atoms with Gasteiger partial charge >= 0.3 is 0 Å². The van der Waals surface area contributed by atoms with E-state index in [0.29, 0.717) is 29.6 Å². The molecule has 0 unspecified atom stereocenters. The molecule has 25 heavy (non-hydrogen) atoms. The molecule has 3 aromatic rings. The second-order valence-corrected chi connectivity index (χ2v) is 5.91. The number of hydrogen-bond donors (Lipinski definition) is 1. The first-order chi connectivity index (χ1) is 12.0. The molecule has 6 heteroatoms. The van der Waals surface area contributed by atoms with Gasteiger partial charge < -0.3 is 14.6 Å². The Morgan fingerprint density at radius 1 is 1.12 bits per heavy atom. The molecule has 0 saturated heterocycles. The molecular weight excluding hydrogens is 316 g/mol. The molecule has 0 aliphatic carbocycles. The van der Waals surface area contributed by atoms with Crippen molar-refractivity contribution in [3.05, 3.63) is 65.5 Å². The standard InChI is InChI=1S/C19H20N4O2/c1-13-9-10-17(25-13)15-11-16(22-19(21-15)23(2)3)18(24)20-12-14-7-5-4-6-8-14/h4-11H,12H2,1-3H3,(H,20,24). The number of rotatable bonds is 5. The first-order valence-electron chi connectivity index (χ1n) is 7.98. The molecule has 6 nitrogen and oxygen atoms in total. The van der Waals surface area contributed by atoms with Gasteiger partial charge in [-0.1, -0.05) is 30.3 Å². The zero-order valence-corrected chi connectivity index (χ0v) is 14.5. The van der Waals surface area contributed by atoms with Crippen LogP contribution in [0.2, 0.25) is 0 Å². The van der Waals surface area contributed by atoms with E-state index in [2.05, 4.69) is 15.3 Å². The summed E-state index contributed by atoms with van der Waals surface area (Å²) in [6.07, 6.45) is 0. The van der Waals surface area contributed by atoms with Gasteiger partial charge in [0.25, 0.3) is 5.91 Å². The van der Waals surface area contributed by atoms with Crippen LogP contribution in [0.25, 0.3) is 11.5 Å². The van der Waals surface area contributed by atoms with Gasteiger partial charge in [0, 0.05) is 20.6 Å². The Morgan fingerprint density at radius 2 is 1.88 bits per heavy atom. The lowest BCUT2D eigenvalue weighted by Gasteiger charge is -2.13. The highest BCUT2D eigenvalue weighted by Gasteiger charge is 2.15. The van der Waals surface area contributed by atoms with Gasteiger partial charge in [0.15, 0.2) is 5.76 Å². The van der Waals surface area contributed by atoms with E-state index in [0.717, 1.165) is 11.3 Å². The van der Waals surface area contributed by atoms with Crippen LogP contribution in [-0.4, -0.2) is 30.0 Å². The van der Waals surface area contributed by atoms with Crippen LogP contribution < -0.4 is 10.2 Å². The number of anilines is 1. The van der Waals surface area contributed by atoms with Gasteiger partial charge in [-0.15, -0.1) is 0 Å². The molecule has 0 fully saturated rings. The summed E-state index contributed by atoms with van der Waals surface area (Å²) >= 11 is 0. The predicted molar refractivity (Wildman–Crippen MR) is 96.4 cm³/mol. The van der Waals surface area contributed by atoms with Crippen molar-refractivity contribution >= 4 is 11.9 Å². The molecule has 128 valence electrons. The third-order valence-electron chi connectivity index (χ3n) is 3.64. The number of nitrogens with zero attached hydrogens (tertiary/aromatic N) is 3. The van der Waals surface area contributed by atoms with E-state index in [1.165, 1.54) is 0 Å². The third-order valence-corrected chi connectivity index (χ3v) is 3.64. The molecule has 0 saturated carbocycles. The predicted octanol–water partition coefficient (Wildman–Crippen LogP) is 3.04. The fourth-order valence-corrected chi connectivity index (χ4v) is 2.32. The normalized spacial score (nSPS) is 10.5. The molecule has 0 bridgehead atoms. The Kier molecular flexibility index (Phi) is 4.79. The van der Waals surface area contributed by atoms with Crippen molar-refractivity contribution in [2.45, 2.75) is 13.5 Å². The maximum absolute atomic E-state index is 12.5. The van der Waals surface area contributed by atoms with Gasteiger partial charge in [-0.3, -0.25) is 4.79 Å². The summed E-state index contributed by atoms with van der Waals surface area (Å²) in [4.78, 5) is 23.1. The van der Waals surface area contributed by atoms with Crippen molar-refractivity contribution in [3.63, 3.8) is 0 Å². The van der Waals surface area contributed by atoms with Gasteiger partial charge in [-0.05, 0) is 30.7 Å². The summed E-state index contributed by atoms with van der Waals surface area (Å²) in [5.41, 5.74) is 1.91. The molecule has 0 radical (unpaired) electrons. The zero-order chi connectivity index (χ0) is 17.8. The lowest BCUT2D eigenvalue weighted by atomic mass is 10.2. The minimum absolute atomic E-state index is 0.251. The number of hydrogen-bond acceptors (Lipinski definition) is 5. The summed E-state index contributed by atoms with van der Waals surface area (Å²) < 4.78 is 5.63. The topological polar surface area (TPSA) is 71.3 Å². The molecule has 2 aromatic heterocycles. The van der Waals surface area contributed by atoms with Crippen molar-refractivity contribution in [2.75, 3.05) is 19.0 Å². The van der Waals surface area contributed by atoms with Crippen molar-refractivity contribution in [3.8, 4) is 11.5 Å². The lowest BCUT2D eigenvalue weighted by Crippen LogP contribution is -2.25. The number of aryl methyl sites for hydroxylation is 1. The maximum atomic E-state index is 12.5. The molecule has 1 aromatic carbocycles. The summed E-state index contributed by atoms with van der Waals surface area (Å²) in [7, 11) is 3.66. The molecular formula is C19H20N4O2. The van der Waals surface area contributed by atoms with Crippen LogP contribution in [0.5, 0.6) is 0 Å². The number of benzene rings is 1. The molecule has 0 aliphatic heterocycles. The number of furan rings is 1. The molecule has 0 aliphatic rings. The van der Waals surface area contributed by atoms with Crippen molar-refractivity contribution in [2.24, 2.45) is 0 Å². The van der Waals surface area contributed by atoms with Crippen LogP contribution in [0.1, 0.15) is 21.8 Å². The number of carbonyl (C=O) groups excluding carboxylic acids is 1. The summed E-state index contributed by atoms with van der Waals surface area (Å²) in [6, 6.07) is 15.1. The van der Waals surface area contributed by atoms with Crippen LogP contribution in [-0.2, 0) is 6.54 Å². The Hall–Kier alpha value is -3.15. The van der Waals surface area contributed by atoms with E-state index in [-0.39, 0.29) is 5.91 Å². The number of amides is 1. The minimum Gasteiger partial charge on any atom is -0.460 e. The summed E-state index contributed by atoms with van der Waals surface area (Å²) in [6.45, 7) is 2.31. The number of aromatic nitrogens is 2. The van der Waals surface area contributed by atoms with Crippen LogP contribution in [0.4, 0.5) is 5.95 Å². The first-order valence-corrected chi connectivity index (χ1v) is 7.98.